The molecule has 0 unspecified atom stereocenters. The molecule has 0 aromatic heterocycles. The standard InChI is InChI=1S/C23H27NO5/c25-18-14-23(29-20-4-2-1-3-17(18)20)7-9-24(10-8-23)15-19(26)16-5-6-21-22(13-16)28-12-11-27-21/h1-6,13,18-19,25-26H,7-12,14-15H2/t18-,19-/m0/s1. The second kappa shape index (κ2) is 7.52. The lowest BCUT2D eigenvalue weighted by atomic mass is 9.81. The first-order valence-electron chi connectivity index (χ1n) is 10.4. The van der Waals surface area contributed by atoms with Gasteiger partial charge in [0.25, 0.3) is 0 Å². The summed E-state index contributed by atoms with van der Waals surface area (Å²) in [5, 5.41) is 21.3. The molecule has 2 N–H and O–H groups in total. The third-order valence-electron chi connectivity index (χ3n) is 6.32. The Hall–Kier alpha value is -2.28. The Bertz CT molecular complexity index is 877. The summed E-state index contributed by atoms with van der Waals surface area (Å²) in [5.41, 5.74) is 1.41. The fourth-order valence-electron chi connectivity index (χ4n) is 4.65. The highest BCUT2D eigenvalue weighted by Crippen LogP contribution is 2.44. The Morgan fingerprint density at radius 1 is 1.00 bits per heavy atom. The first-order chi connectivity index (χ1) is 14.1. The van der Waals surface area contributed by atoms with Crippen LogP contribution in [0.1, 0.15) is 42.6 Å². The number of aliphatic hydroxyl groups excluding tert-OH is 2. The van der Waals surface area contributed by atoms with E-state index in [9.17, 15) is 10.2 Å². The number of nitrogens with zero attached hydrogens (tertiary/aromatic N) is 1. The van der Waals surface area contributed by atoms with Crippen LogP contribution in [0.2, 0.25) is 0 Å². The molecule has 3 aliphatic rings. The van der Waals surface area contributed by atoms with Gasteiger partial charge in [0, 0.05) is 31.6 Å². The van der Waals surface area contributed by atoms with Crippen molar-refractivity contribution in [1.82, 2.24) is 4.90 Å². The normalized spacial score (nSPS) is 23.9. The first kappa shape index (κ1) is 18.7. The molecule has 0 aliphatic carbocycles. The number of hydrogen-bond acceptors (Lipinski definition) is 6. The zero-order chi connectivity index (χ0) is 19.8. The highest BCUT2D eigenvalue weighted by atomic mass is 16.6. The molecule has 3 heterocycles. The lowest BCUT2D eigenvalue weighted by Gasteiger charge is -2.46. The van der Waals surface area contributed by atoms with Crippen molar-refractivity contribution in [3.05, 3.63) is 53.6 Å². The molecular formula is C23H27NO5. The van der Waals surface area contributed by atoms with Crippen molar-refractivity contribution < 1.29 is 24.4 Å². The molecule has 0 bridgehead atoms. The van der Waals surface area contributed by atoms with E-state index in [0.29, 0.717) is 31.9 Å². The molecule has 6 nitrogen and oxygen atoms in total. The van der Waals surface area contributed by atoms with Gasteiger partial charge in [0.2, 0.25) is 0 Å². The Morgan fingerprint density at radius 2 is 1.76 bits per heavy atom. The van der Waals surface area contributed by atoms with E-state index in [0.717, 1.165) is 48.6 Å². The number of hydrogen-bond donors (Lipinski definition) is 2. The predicted octanol–water partition coefficient (Wildman–Crippen LogP) is 2.84. The minimum Gasteiger partial charge on any atom is -0.487 e. The van der Waals surface area contributed by atoms with Crippen molar-refractivity contribution in [2.45, 2.75) is 37.1 Å². The van der Waals surface area contributed by atoms with E-state index in [1.807, 2.05) is 42.5 Å². The van der Waals surface area contributed by atoms with Crippen LogP contribution in [0.3, 0.4) is 0 Å². The fraction of sp³-hybridized carbons (Fsp3) is 0.478. The topological polar surface area (TPSA) is 71.4 Å². The summed E-state index contributed by atoms with van der Waals surface area (Å²) in [6.45, 7) is 3.32. The number of ether oxygens (including phenoxy) is 3. The van der Waals surface area contributed by atoms with Crippen LogP contribution in [0, 0.1) is 0 Å². The smallest absolute Gasteiger partial charge is 0.161 e. The second-order valence-electron chi connectivity index (χ2n) is 8.26. The molecule has 6 heteroatoms. The molecule has 2 aromatic carbocycles. The fourth-order valence-corrected chi connectivity index (χ4v) is 4.65. The predicted molar refractivity (Wildman–Crippen MR) is 107 cm³/mol. The van der Waals surface area contributed by atoms with Crippen LogP contribution in [0.25, 0.3) is 0 Å². The van der Waals surface area contributed by atoms with Gasteiger partial charge in [-0.25, -0.2) is 0 Å². The van der Waals surface area contributed by atoms with E-state index in [1.165, 1.54) is 0 Å². The van der Waals surface area contributed by atoms with Gasteiger partial charge in [0.1, 0.15) is 24.6 Å². The summed E-state index contributed by atoms with van der Waals surface area (Å²) >= 11 is 0. The lowest BCUT2D eigenvalue weighted by Crippen LogP contribution is -2.51. The van der Waals surface area contributed by atoms with Crippen LogP contribution in [0.5, 0.6) is 17.2 Å². The van der Waals surface area contributed by atoms with Crippen molar-refractivity contribution >= 4 is 0 Å². The van der Waals surface area contributed by atoms with Gasteiger partial charge < -0.3 is 29.3 Å². The molecule has 0 saturated carbocycles. The summed E-state index contributed by atoms with van der Waals surface area (Å²) < 4.78 is 17.5. The second-order valence-corrected chi connectivity index (χ2v) is 8.26. The Kier molecular flexibility index (Phi) is 4.86. The monoisotopic (exact) mass is 397 g/mol. The number of likely N-dealkylation sites (tertiary alicyclic amines) is 1. The van der Waals surface area contributed by atoms with Crippen molar-refractivity contribution in [2.75, 3.05) is 32.8 Å². The van der Waals surface area contributed by atoms with E-state index in [2.05, 4.69) is 4.90 Å². The number of β-amino-alcohol motifs (C(OH)–C–C–N with tert-alkyl or cyclic N) is 1. The zero-order valence-electron chi connectivity index (χ0n) is 16.4. The van der Waals surface area contributed by atoms with Gasteiger partial charge in [-0.15, -0.1) is 0 Å². The van der Waals surface area contributed by atoms with Gasteiger partial charge in [-0.05, 0) is 36.6 Å². The number of piperidine rings is 1. The maximum absolute atomic E-state index is 10.7. The van der Waals surface area contributed by atoms with Crippen molar-refractivity contribution in [2.24, 2.45) is 0 Å². The minimum atomic E-state index is -0.585. The summed E-state index contributed by atoms with van der Waals surface area (Å²) in [6, 6.07) is 13.4. The molecule has 29 heavy (non-hydrogen) atoms. The van der Waals surface area contributed by atoms with Crippen LogP contribution in [-0.4, -0.2) is 53.6 Å². The number of para-hydroxylation sites is 1. The van der Waals surface area contributed by atoms with Crippen molar-refractivity contribution in [3.8, 4) is 17.2 Å². The van der Waals surface area contributed by atoms with Gasteiger partial charge >= 0.3 is 0 Å². The van der Waals surface area contributed by atoms with Crippen LogP contribution in [-0.2, 0) is 0 Å². The Labute approximate surface area is 170 Å². The molecule has 0 amide bonds. The summed E-state index contributed by atoms with van der Waals surface area (Å²) in [5.74, 6) is 2.24. The van der Waals surface area contributed by atoms with E-state index < -0.39 is 12.2 Å². The number of fused-ring (bicyclic) bond motifs is 2. The van der Waals surface area contributed by atoms with Gasteiger partial charge in [0.15, 0.2) is 11.5 Å². The van der Waals surface area contributed by atoms with Gasteiger partial charge in [-0.1, -0.05) is 24.3 Å². The number of benzene rings is 2. The third kappa shape index (κ3) is 3.68. The summed E-state index contributed by atoms with van der Waals surface area (Å²) in [7, 11) is 0. The molecule has 2 atom stereocenters. The third-order valence-corrected chi connectivity index (χ3v) is 6.32. The highest BCUT2D eigenvalue weighted by molar-refractivity contribution is 5.44. The molecular weight excluding hydrogens is 370 g/mol. The number of rotatable bonds is 3. The maximum Gasteiger partial charge on any atom is 0.161 e. The van der Waals surface area contributed by atoms with E-state index in [4.69, 9.17) is 14.2 Å². The average Bonchev–Trinajstić information content (AvgIpc) is 2.75. The quantitative estimate of drug-likeness (QED) is 0.830. The Balaban J connectivity index is 1.21. The molecule has 1 fully saturated rings. The van der Waals surface area contributed by atoms with Crippen molar-refractivity contribution in [1.29, 1.82) is 0 Å². The van der Waals surface area contributed by atoms with E-state index in [1.54, 1.807) is 0 Å². The highest BCUT2D eigenvalue weighted by Gasteiger charge is 2.42. The largest absolute Gasteiger partial charge is 0.487 e. The summed E-state index contributed by atoms with van der Waals surface area (Å²) in [4.78, 5) is 2.27. The van der Waals surface area contributed by atoms with Crippen LogP contribution in [0.15, 0.2) is 42.5 Å². The number of aliphatic hydroxyl groups is 2. The van der Waals surface area contributed by atoms with Crippen LogP contribution in [0.4, 0.5) is 0 Å². The van der Waals surface area contributed by atoms with Crippen LogP contribution < -0.4 is 14.2 Å². The van der Waals surface area contributed by atoms with Gasteiger partial charge in [0.05, 0.1) is 12.2 Å². The van der Waals surface area contributed by atoms with Crippen LogP contribution >= 0.6 is 0 Å². The molecule has 154 valence electrons. The zero-order valence-corrected chi connectivity index (χ0v) is 16.4. The van der Waals surface area contributed by atoms with Gasteiger partial charge in [-0.2, -0.15) is 0 Å². The van der Waals surface area contributed by atoms with E-state index >= 15 is 0 Å². The molecule has 5 rings (SSSR count). The lowest BCUT2D eigenvalue weighted by molar-refractivity contribution is -0.0587. The average molecular weight is 397 g/mol. The summed E-state index contributed by atoms with van der Waals surface area (Å²) in [6.07, 6.45) is 1.24. The molecule has 2 aromatic rings. The van der Waals surface area contributed by atoms with Gasteiger partial charge in [-0.3, -0.25) is 0 Å². The molecule has 1 saturated heterocycles. The first-order valence-corrected chi connectivity index (χ1v) is 10.4. The van der Waals surface area contributed by atoms with Crippen molar-refractivity contribution in [3.63, 3.8) is 0 Å². The molecule has 1 spiro atoms. The van der Waals surface area contributed by atoms with E-state index in [-0.39, 0.29) is 5.60 Å². The molecule has 3 aliphatic heterocycles. The minimum absolute atomic E-state index is 0.313. The SMILES string of the molecule is O[C@@H](CN1CCC2(CC1)C[C@H](O)c1ccccc1O2)c1ccc2c(c1)OCCO2. The molecule has 0 radical (unpaired) electrons. The Morgan fingerprint density at radius 3 is 2.59 bits per heavy atom. The maximum atomic E-state index is 10.7.